The number of hydrogen-bond donors (Lipinski definition) is 2. The molecule has 1 saturated heterocycles. The van der Waals surface area contributed by atoms with Gasteiger partial charge in [0, 0.05) is 26.2 Å². The number of hydrogen-bond acceptors (Lipinski definition) is 3. The number of rotatable bonds is 5. The van der Waals surface area contributed by atoms with E-state index in [1.807, 2.05) is 0 Å². The van der Waals surface area contributed by atoms with Gasteiger partial charge in [-0.3, -0.25) is 4.79 Å². The fourth-order valence-electron chi connectivity index (χ4n) is 1.82. The predicted octanol–water partition coefficient (Wildman–Crippen LogP) is 0.916. The summed E-state index contributed by atoms with van der Waals surface area (Å²) in [5.74, 6) is -1.52. The molecular formula is C12H22N2O4. The van der Waals surface area contributed by atoms with Crippen LogP contribution in [0.15, 0.2) is 0 Å². The van der Waals surface area contributed by atoms with E-state index in [2.05, 4.69) is 5.32 Å². The molecule has 0 radical (unpaired) electrons. The zero-order valence-electron chi connectivity index (χ0n) is 11.2. The second-order valence-electron chi connectivity index (χ2n) is 4.88. The summed E-state index contributed by atoms with van der Waals surface area (Å²) in [7, 11) is 1.69. The smallest absolute Gasteiger partial charge is 0.317 e. The number of ether oxygens (including phenoxy) is 1. The minimum absolute atomic E-state index is 0.105. The summed E-state index contributed by atoms with van der Waals surface area (Å²) in [4.78, 5) is 24.2. The number of nitrogens with one attached hydrogen (secondary N) is 1. The molecule has 2 amide bonds. The van der Waals surface area contributed by atoms with E-state index in [1.165, 1.54) is 0 Å². The number of urea groups is 1. The van der Waals surface area contributed by atoms with E-state index >= 15 is 0 Å². The fourth-order valence-corrected chi connectivity index (χ4v) is 1.82. The molecule has 0 aromatic rings. The van der Waals surface area contributed by atoms with Crippen molar-refractivity contribution < 1.29 is 19.4 Å². The first kappa shape index (κ1) is 14.8. The molecule has 0 bridgehead atoms. The average molecular weight is 258 g/mol. The van der Waals surface area contributed by atoms with Gasteiger partial charge in [-0.05, 0) is 26.7 Å². The van der Waals surface area contributed by atoms with Gasteiger partial charge < -0.3 is 20.1 Å². The van der Waals surface area contributed by atoms with Gasteiger partial charge in [0.1, 0.15) is 0 Å². The number of aliphatic carboxylic acids is 1. The quantitative estimate of drug-likeness (QED) is 0.768. The zero-order valence-corrected chi connectivity index (χ0v) is 11.2. The summed E-state index contributed by atoms with van der Waals surface area (Å²) in [5, 5.41) is 11.5. The van der Waals surface area contributed by atoms with E-state index in [0.717, 1.165) is 19.4 Å². The van der Waals surface area contributed by atoms with Crippen LogP contribution in [0.1, 0.15) is 26.7 Å². The zero-order chi connectivity index (χ0) is 13.7. The van der Waals surface area contributed by atoms with Gasteiger partial charge in [-0.2, -0.15) is 0 Å². The SMILES string of the molecule is CC(NC(=O)N(C)CC1CCCO1)C(C)C(=O)O. The maximum atomic E-state index is 11.8. The number of amides is 2. The molecule has 1 heterocycles. The Bertz CT molecular complexity index is 302. The van der Waals surface area contributed by atoms with E-state index in [1.54, 1.807) is 25.8 Å². The highest BCUT2D eigenvalue weighted by molar-refractivity contribution is 5.76. The van der Waals surface area contributed by atoms with Crippen molar-refractivity contribution in [3.63, 3.8) is 0 Å². The lowest BCUT2D eigenvalue weighted by Crippen LogP contribution is -2.47. The second-order valence-corrected chi connectivity index (χ2v) is 4.88. The Balaban J connectivity index is 2.36. The van der Waals surface area contributed by atoms with Gasteiger partial charge in [-0.25, -0.2) is 4.79 Å². The van der Waals surface area contributed by atoms with Crippen LogP contribution >= 0.6 is 0 Å². The van der Waals surface area contributed by atoms with Gasteiger partial charge in [0.05, 0.1) is 12.0 Å². The molecule has 3 atom stereocenters. The molecule has 3 unspecified atom stereocenters. The van der Waals surface area contributed by atoms with Gasteiger partial charge in [0.2, 0.25) is 0 Å². The van der Waals surface area contributed by atoms with E-state index in [0.29, 0.717) is 6.54 Å². The Morgan fingerprint density at radius 1 is 1.50 bits per heavy atom. The Morgan fingerprint density at radius 3 is 2.67 bits per heavy atom. The summed E-state index contributed by atoms with van der Waals surface area (Å²) >= 11 is 0. The first-order valence-corrected chi connectivity index (χ1v) is 6.28. The number of carboxylic acids is 1. The van der Waals surface area contributed by atoms with E-state index in [-0.39, 0.29) is 12.1 Å². The van der Waals surface area contributed by atoms with E-state index < -0.39 is 17.9 Å². The lowest BCUT2D eigenvalue weighted by molar-refractivity contribution is -0.141. The maximum absolute atomic E-state index is 11.8. The van der Waals surface area contributed by atoms with Crippen LogP contribution in [-0.2, 0) is 9.53 Å². The maximum Gasteiger partial charge on any atom is 0.317 e. The average Bonchev–Trinajstić information content (AvgIpc) is 2.80. The van der Waals surface area contributed by atoms with Crippen LogP contribution in [0.4, 0.5) is 4.79 Å². The molecule has 1 aliphatic heterocycles. The molecule has 2 N–H and O–H groups in total. The molecule has 104 valence electrons. The molecule has 0 aliphatic carbocycles. The van der Waals surface area contributed by atoms with Crippen LogP contribution in [0.2, 0.25) is 0 Å². The van der Waals surface area contributed by atoms with Crippen LogP contribution < -0.4 is 5.32 Å². The highest BCUT2D eigenvalue weighted by Gasteiger charge is 2.24. The Labute approximate surface area is 107 Å². The highest BCUT2D eigenvalue weighted by Crippen LogP contribution is 2.13. The lowest BCUT2D eigenvalue weighted by atomic mass is 10.0. The van der Waals surface area contributed by atoms with Crippen LogP contribution in [0, 0.1) is 5.92 Å². The molecule has 0 aromatic carbocycles. The molecule has 1 fully saturated rings. The third-order valence-electron chi connectivity index (χ3n) is 3.34. The lowest BCUT2D eigenvalue weighted by Gasteiger charge is -2.25. The molecule has 0 saturated carbocycles. The van der Waals surface area contributed by atoms with Crippen LogP contribution in [0.25, 0.3) is 0 Å². The van der Waals surface area contributed by atoms with Crippen molar-refractivity contribution in [3.05, 3.63) is 0 Å². The summed E-state index contributed by atoms with van der Waals surface area (Å²) in [6.45, 7) is 4.57. The Morgan fingerprint density at radius 2 is 2.17 bits per heavy atom. The van der Waals surface area contributed by atoms with Gasteiger partial charge in [-0.15, -0.1) is 0 Å². The van der Waals surface area contributed by atoms with Crippen molar-refractivity contribution in [2.45, 2.75) is 38.8 Å². The molecule has 18 heavy (non-hydrogen) atoms. The standard InChI is InChI=1S/C12H22N2O4/c1-8(11(15)16)9(2)13-12(17)14(3)7-10-5-4-6-18-10/h8-10H,4-7H2,1-3H3,(H,13,17)(H,15,16). The van der Waals surface area contributed by atoms with Gasteiger partial charge >= 0.3 is 12.0 Å². The minimum atomic E-state index is -0.912. The van der Waals surface area contributed by atoms with Crippen molar-refractivity contribution in [3.8, 4) is 0 Å². The van der Waals surface area contributed by atoms with Crippen molar-refractivity contribution in [1.82, 2.24) is 10.2 Å². The molecule has 0 aromatic heterocycles. The summed E-state index contributed by atoms with van der Waals surface area (Å²) in [5.41, 5.74) is 0. The van der Waals surface area contributed by atoms with Crippen molar-refractivity contribution in [2.24, 2.45) is 5.92 Å². The van der Waals surface area contributed by atoms with Crippen molar-refractivity contribution >= 4 is 12.0 Å². The number of likely N-dealkylation sites (N-methyl/N-ethyl adjacent to an activating group) is 1. The summed E-state index contributed by atoms with van der Waals surface area (Å²) in [6.07, 6.45) is 2.11. The second kappa shape index (κ2) is 6.58. The summed E-state index contributed by atoms with van der Waals surface area (Å²) in [6, 6.07) is -0.659. The molecule has 1 rings (SSSR count). The number of carbonyl (C=O) groups excluding carboxylic acids is 1. The van der Waals surface area contributed by atoms with Crippen LogP contribution in [-0.4, -0.2) is 54.4 Å². The molecule has 6 nitrogen and oxygen atoms in total. The van der Waals surface area contributed by atoms with Crippen LogP contribution in [0.5, 0.6) is 0 Å². The number of carboxylic acid groups (broad SMARTS) is 1. The normalized spacial score (nSPS) is 22.3. The Hall–Kier alpha value is -1.30. The minimum Gasteiger partial charge on any atom is -0.481 e. The van der Waals surface area contributed by atoms with Gasteiger partial charge in [0.15, 0.2) is 0 Å². The monoisotopic (exact) mass is 258 g/mol. The topological polar surface area (TPSA) is 78.9 Å². The Kier molecular flexibility index (Phi) is 5.40. The third-order valence-corrected chi connectivity index (χ3v) is 3.34. The predicted molar refractivity (Wildman–Crippen MR) is 66.4 cm³/mol. The number of carbonyl (C=O) groups is 2. The molecule has 0 spiro atoms. The van der Waals surface area contributed by atoms with E-state index in [4.69, 9.17) is 9.84 Å². The van der Waals surface area contributed by atoms with Crippen molar-refractivity contribution in [2.75, 3.05) is 20.2 Å². The number of nitrogens with zero attached hydrogens (tertiary/aromatic N) is 1. The molecule has 1 aliphatic rings. The highest BCUT2D eigenvalue weighted by atomic mass is 16.5. The first-order valence-electron chi connectivity index (χ1n) is 6.28. The van der Waals surface area contributed by atoms with Crippen molar-refractivity contribution in [1.29, 1.82) is 0 Å². The first-order chi connectivity index (χ1) is 8.41. The largest absolute Gasteiger partial charge is 0.481 e. The molecular weight excluding hydrogens is 236 g/mol. The fraction of sp³-hybridized carbons (Fsp3) is 0.833. The van der Waals surface area contributed by atoms with Gasteiger partial charge in [-0.1, -0.05) is 0 Å². The van der Waals surface area contributed by atoms with Gasteiger partial charge in [0.25, 0.3) is 0 Å². The van der Waals surface area contributed by atoms with E-state index in [9.17, 15) is 9.59 Å². The molecule has 6 heteroatoms. The summed E-state index contributed by atoms with van der Waals surface area (Å²) < 4.78 is 5.45. The van der Waals surface area contributed by atoms with Crippen LogP contribution in [0.3, 0.4) is 0 Å². The third kappa shape index (κ3) is 4.18.